The lowest BCUT2D eigenvalue weighted by atomic mass is 9.98. The summed E-state index contributed by atoms with van der Waals surface area (Å²) in [5.41, 5.74) is 4.57. The number of nitrogens with zero attached hydrogens (tertiary/aromatic N) is 3. The fraction of sp³-hybridized carbons (Fsp3) is 0.316. The van der Waals surface area contributed by atoms with Gasteiger partial charge in [0.2, 0.25) is 5.69 Å². The van der Waals surface area contributed by atoms with E-state index in [9.17, 15) is 10.1 Å². The third-order valence-corrected chi connectivity index (χ3v) is 4.26. The van der Waals surface area contributed by atoms with Crippen LogP contribution in [0.5, 0.6) is 0 Å². The molecular weight excluding hydrogens is 302 g/mol. The van der Waals surface area contributed by atoms with Gasteiger partial charge in [-0.3, -0.25) is 0 Å². The molecule has 4 aliphatic rings. The van der Waals surface area contributed by atoms with Crippen molar-refractivity contribution >= 4 is 6.09 Å². The van der Waals surface area contributed by atoms with Crippen LogP contribution in [-0.2, 0) is 25.7 Å². The summed E-state index contributed by atoms with van der Waals surface area (Å²) in [7, 11) is 3.25. The van der Waals surface area contributed by atoms with Gasteiger partial charge in [-0.25, -0.2) is 4.79 Å². The minimum atomic E-state index is -0.495. The Morgan fingerprint density at radius 1 is 1.04 bits per heavy atom. The molecule has 2 aromatic rings. The molecule has 2 aliphatic heterocycles. The molecule has 0 saturated heterocycles. The molecule has 3 heterocycles. The number of amides is 1. The van der Waals surface area contributed by atoms with Gasteiger partial charge in [-0.2, -0.15) is 10.1 Å². The summed E-state index contributed by atoms with van der Waals surface area (Å²) in [5.74, 6) is 0. The monoisotopic (exact) mass is 322 g/mol. The van der Waals surface area contributed by atoms with Gasteiger partial charge in [0.25, 0.3) is 0 Å². The highest BCUT2D eigenvalue weighted by Gasteiger charge is 2.27. The molecule has 1 aromatic heterocycles. The number of nitriles is 1. The summed E-state index contributed by atoms with van der Waals surface area (Å²) in [6, 6.07) is 14.7. The standard InChI is InChI=1S/C19H20N3O2/c1-21(2)19(23)24-22-17-11-8-15-5-3-14(4-6-15)7-9-16(10-12-17)18(22)13-20/h3-6,10,12H,7-9,11H2,1-2H3/q+1. The van der Waals surface area contributed by atoms with E-state index in [-0.39, 0.29) is 0 Å². The van der Waals surface area contributed by atoms with Crippen LogP contribution in [0.15, 0.2) is 36.4 Å². The van der Waals surface area contributed by atoms with Crippen molar-refractivity contribution < 1.29 is 14.4 Å². The number of hydrogen-bond acceptors (Lipinski definition) is 3. The van der Waals surface area contributed by atoms with E-state index in [2.05, 4.69) is 30.3 Å². The third kappa shape index (κ3) is 3.23. The average Bonchev–Trinajstić information content (AvgIpc) is 2.57. The van der Waals surface area contributed by atoms with E-state index in [0.29, 0.717) is 12.1 Å². The van der Waals surface area contributed by atoms with E-state index in [1.165, 1.54) is 20.8 Å². The molecule has 4 bridgehead atoms. The summed E-state index contributed by atoms with van der Waals surface area (Å²) in [6.07, 6.45) is 2.59. The van der Waals surface area contributed by atoms with Crippen LogP contribution in [0.4, 0.5) is 4.79 Å². The zero-order chi connectivity index (χ0) is 17.1. The minimum absolute atomic E-state index is 0.401. The van der Waals surface area contributed by atoms with Crippen molar-refractivity contribution in [3.63, 3.8) is 0 Å². The summed E-state index contributed by atoms with van der Waals surface area (Å²) in [4.78, 5) is 18.8. The van der Waals surface area contributed by atoms with Crippen molar-refractivity contribution in [2.24, 2.45) is 0 Å². The zero-order valence-corrected chi connectivity index (χ0v) is 14.0. The second-order valence-electron chi connectivity index (χ2n) is 6.17. The maximum atomic E-state index is 12.0. The van der Waals surface area contributed by atoms with E-state index in [1.54, 1.807) is 14.1 Å². The van der Waals surface area contributed by atoms with Crippen LogP contribution in [-0.4, -0.2) is 25.1 Å². The van der Waals surface area contributed by atoms with Crippen molar-refractivity contribution in [2.45, 2.75) is 25.7 Å². The van der Waals surface area contributed by atoms with Crippen LogP contribution in [0.25, 0.3) is 0 Å². The quantitative estimate of drug-likeness (QED) is 0.753. The molecular formula is C19H20N3O2+. The summed E-state index contributed by atoms with van der Waals surface area (Å²) in [5, 5.41) is 9.63. The van der Waals surface area contributed by atoms with Crippen LogP contribution < -0.4 is 9.57 Å². The molecule has 122 valence electrons. The molecule has 0 saturated carbocycles. The van der Waals surface area contributed by atoms with Crippen molar-refractivity contribution in [1.82, 2.24) is 4.90 Å². The maximum Gasteiger partial charge on any atom is 0.477 e. The average molecular weight is 322 g/mol. The highest BCUT2D eigenvalue weighted by molar-refractivity contribution is 5.66. The lowest BCUT2D eigenvalue weighted by Gasteiger charge is -2.11. The summed E-state index contributed by atoms with van der Waals surface area (Å²) in [6.45, 7) is 0. The number of hydrogen-bond donors (Lipinski definition) is 0. The topological polar surface area (TPSA) is 57.2 Å². The van der Waals surface area contributed by atoms with Crippen LogP contribution in [0.1, 0.15) is 28.1 Å². The molecule has 0 N–H and O–H groups in total. The summed E-state index contributed by atoms with van der Waals surface area (Å²) >= 11 is 0. The Morgan fingerprint density at radius 3 is 2.25 bits per heavy atom. The van der Waals surface area contributed by atoms with E-state index < -0.39 is 6.09 Å². The van der Waals surface area contributed by atoms with Gasteiger partial charge >= 0.3 is 11.8 Å². The fourth-order valence-electron chi connectivity index (χ4n) is 2.81. The maximum absolute atomic E-state index is 12.0. The number of carbonyl (C=O) groups is 1. The van der Waals surface area contributed by atoms with Gasteiger partial charge in [-0.15, -0.1) is 0 Å². The van der Waals surface area contributed by atoms with Gasteiger partial charge in [0.05, 0.1) is 0 Å². The Bertz CT molecular complexity index is 805. The largest absolute Gasteiger partial charge is 0.477 e. The highest BCUT2D eigenvalue weighted by Crippen LogP contribution is 2.15. The zero-order valence-electron chi connectivity index (χ0n) is 14.0. The molecule has 0 radical (unpaired) electrons. The number of aromatic nitrogens is 1. The van der Waals surface area contributed by atoms with Crippen LogP contribution in [0, 0.1) is 11.3 Å². The van der Waals surface area contributed by atoms with Crippen molar-refractivity contribution in [2.75, 3.05) is 14.1 Å². The first-order valence-electron chi connectivity index (χ1n) is 8.03. The van der Waals surface area contributed by atoms with Gasteiger partial charge in [0.1, 0.15) is 0 Å². The van der Waals surface area contributed by atoms with Gasteiger partial charge in [0, 0.05) is 36.9 Å². The van der Waals surface area contributed by atoms with Crippen LogP contribution in [0.3, 0.4) is 0 Å². The van der Waals surface area contributed by atoms with Crippen molar-refractivity contribution in [3.8, 4) is 6.07 Å². The lowest BCUT2D eigenvalue weighted by molar-refractivity contribution is -0.876. The molecule has 6 rings (SSSR count). The predicted molar refractivity (Wildman–Crippen MR) is 88.3 cm³/mol. The number of aryl methyl sites for hydroxylation is 4. The molecule has 5 heteroatoms. The van der Waals surface area contributed by atoms with Gasteiger partial charge < -0.3 is 4.90 Å². The van der Waals surface area contributed by atoms with E-state index in [0.717, 1.165) is 30.5 Å². The Balaban J connectivity index is 2.06. The van der Waals surface area contributed by atoms with E-state index >= 15 is 0 Å². The molecule has 1 aromatic carbocycles. The molecule has 1 amide bonds. The normalized spacial score (nSPS) is 12.9. The highest BCUT2D eigenvalue weighted by atomic mass is 16.7. The van der Waals surface area contributed by atoms with Crippen LogP contribution in [0.2, 0.25) is 0 Å². The fourth-order valence-corrected chi connectivity index (χ4v) is 2.81. The van der Waals surface area contributed by atoms with Gasteiger partial charge in [-0.05, 0) is 36.5 Å². The molecule has 24 heavy (non-hydrogen) atoms. The van der Waals surface area contributed by atoms with Gasteiger partial charge in [0.15, 0.2) is 6.07 Å². The van der Waals surface area contributed by atoms with Crippen molar-refractivity contribution in [1.29, 1.82) is 5.26 Å². The molecule has 0 unspecified atom stereocenters. The Hall–Kier alpha value is -2.87. The molecule has 0 atom stereocenters. The van der Waals surface area contributed by atoms with E-state index in [4.69, 9.17) is 4.84 Å². The van der Waals surface area contributed by atoms with Crippen LogP contribution >= 0.6 is 0 Å². The minimum Gasteiger partial charge on any atom is -0.309 e. The number of benzene rings is 1. The molecule has 0 spiro atoms. The molecule has 5 nitrogen and oxygen atoms in total. The second kappa shape index (κ2) is 6.71. The first-order chi connectivity index (χ1) is 11.6. The second-order valence-corrected chi connectivity index (χ2v) is 6.17. The van der Waals surface area contributed by atoms with Crippen molar-refractivity contribution in [3.05, 3.63) is 64.5 Å². The Kier molecular flexibility index (Phi) is 4.48. The number of rotatable bonds is 1. The molecule has 0 fully saturated rings. The van der Waals surface area contributed by atoms with E-state index in [1.807, 2.05) is 12.1 Å². The number of pyridine rings is 1. The predicted octanol–water partition coefficient (Wildman–Crippen LogP) is 1.84. The Morgan fingerprint density at radius 2 is 1.67 bits per heavy atom. The Labute approximate surface area is 141 Å². The summed E-state index contributed by atoms with van der Waals surface area (Å²) < 4.78 is 1.41. The third-order valence-electron chi connectivity index (χ3n) is 4.26. The first kappa shape index (κ1) is 16.0. The first-order valence-corrected chi connectivity index (χ1v) is 8.03. The number of carbonyl (C=O) groups excluding carboxylic acids is 1. The SMILES string of the molecule is CN(C)C(=O)O[n+]1c2ccc(c1C#N)CCc1ccc(cc1)CC2. The smallest absolute Gasteiger partial charge is 0.309 e. The van der Waals surface area contributed by atoms with Gasteiger partial charge in [-0.1, -0.05) is 24.3 Å². The lowest BCUT2D eigenvalue weighted by Crippen LogP contribution is -2.54. The molecule has 2 aliphatic carbocycles.